The highest BCUT2D eigenvalue weighted by atomic mass is 28.3. The molecule has 0 fully saturated rings. The zero-order chi connectivity index (χ0) is 34.1. The summed E-state index contributed by atoms with van der Waals surface area (Å²) in [5.74, 6) is 0. The van der Waals surface area contributed by atoms with Crippen molar-refractivity contribution >= 4 is 50.6 Å². The monoisotopic (exact) mass is 652 g/mol. The summed E-state index contributed by atoms with van der Waals surface area (Å²) in [6.07, 6.45) is 0. The van der Waals surface area contributed by atoms with E-state index < -0.39 is 8.07 Å². The van der Waals surface area contributed by atoms with Gasteiger partial charge in [0.25, 0.3) is 0 Å². The quantitative estimate of drug-likeness (QED) is 0.138. The number of aromatic nitrogens is 1. The highest BCUT2D eigenvalue weighted by molar-refractivity contribution is 7.20. The van der Waals surface area contributed by atoms with Crippen LogP contribution in [0.5, 0.6) is 0 Å². The van der Waals surface area contributed by atoms with Gasteiger partial charge in [-0.2, -0.15) is 15.8 Å². The van der Waals surface area contributed by atoms with Gasteiger partial charge in [0, 0.05) is 16.5 Å². The summed E-state index contributed by atoms with van der Waals surface area (Å²) >= 11 is 0. The van der Waals surface area contributed by atoms with Crippen LogP contribution in [0.1, 0.15) is 16.7 Å². The average molecular weight is 653 g/mol. The Kier molecular flexibility index (Phi) is 7.63. The number of nitriles is 3. The molecule has 0 aliphatic rings. The molecule has 1 aromatic heterocycles. The van der Waals surface area contributed by atoms with Gasteiger partial charge in [-0.15, -0.1) is 0 Å². The van der Waals surface area contributed by atoms with Crippen LogP contribution in [-0.4, -0.2) is 12.6 Å². The van der Waals surface area contributed by atoms with Crippen LogP contribution in [0.3, 0.4) is 0 Å². The Balaban J connectivity index is 1.48. The van der Waals surface area contributed by atoms with Gasteiger partial charge in [-0.3, -0.25) is 0 Å². The van der Waals surface area contributed by atoms with Gasteiger partial charge in [0.05, 0.1) is 45.9 Å². The van der Waals surface area contributed by atoms with Gasteiger partial charge >= 0.3 is 0 Å². The van der Waals surface area contributed by atoms with E-state index in [0.717, 1.165) is 43.8 Å². The van der Waals surface area contributed by atoms with Crippen molar-refractivity contribution in [3.05, 3.63) is 187 Å². The van der Waals surface area contributed by atoms with Gasteiger partial charge in [0.15, 0.2) is 8.07 Å². The van der Waals surface area contributed by atoms with Gasteiger partial charge in [-0.05, 0) is 86.5 Å². The van der Waals surface area contributed by atoms with Gasteiger partial charge < -0.3 is 4.57 Å². The van der Waals surface area contributed by atoms with E-state index in [-0.39, 0.29) is 0 Å². The minimum atomic E-state index is -3.00. The number of hydrogen-bond donors (Lipinski definition) is 0. The zero-order valence-corrected chi connectivity index (χ0v) is 28.0. The van der Waals surface area contributed by atoms with Crippen molar-refractivity contribution in [2.24, 2.45) is 0 Å². The van der Waals surface area contributed by atoms with Crippen molar-refractivity contribution in [2.75, 3.05) is 0 Å². The van der Waals surface area contributed by atoms with Crippen LogP contribution in [-0.2, 0) is 0 Å². The Morgan fingerprint density at radius 2 is 0.940 bits per heavy atom. The Labute approximate surface area is 291 Å². The lowest BCUT2D eigenvalue weighted by molar-refractivity contribution is 1.18. The van der Waals surface area contributed by atoms with Crippen molar-refractivity contribution in [3.63, 3.8) is 0 Å². The SMILES string of the molecule is N#Cc1cc(-c2cc(C#N)ccc2[Si](c2ccccc2)(c2ccccc2)c2ccccc2)cc(-n2c3ccccc3c3cc(C#N)ccc32)c1. The first-order valence-electron chi connectivity index (χ1n) is 16.4. The molecule has 8 rings (SSSR count). The van der Waals surface area contributed by atoms with Gasteiger partial charge in [0.2, 0.25) is 0 Å². The summed E-state index contributed by atoms with van der Waals surface area (Å²) in [6, 6.07) is 65.1. The predicted octanol–water partition coefficient (Wildman–Crippen LogP) is 7.44. The highest BCUT2D eigenvalue weighted by Crippen LogP contribution is 2.35. The predicted molar refractivity (Wildman–Crippen MR) is 204 cm³/mol. The molecule has 4 nitrogen and oxygen atoms in total. The molecule has 8 aromatic rings. The summed E-state index contributed by atoms with van der Waals surface area (Å²) in [5, 5.41) is 37.1. The Bertz CT molecular complexity index is 2580. The zero-order valence-electron chi connectivity index (χ0n) is 27.0. The number of benzene rings is 7. The van der Waals surface area contributed by atoms with Crippen LogP contribution in [0.2, 0.25) is 0 Å². The van der Waals surface area contributed by atoms with Gasteiger partial charge in [-0.25, -0.2) is 0 Å². The molecule has 0 bridgehead atoms. The molecular weight excluding hydrogens is 625 g/mol. The Morgan fingerprint density at radius 3 is 1.54 bits per heavy atom. The van der Waals surface area contributed by atoms with Crippen molar-refractivity contribution in [1.82, 2.24) is 4.57 Å². The van der Waals surface area contributed by atoms with Crippen LogP contribution >= 0.6 is 0 Å². The summed E-state index contributed by atoms with van der Waals surface area (Å²) in [5.41, 5.74) is 6.17. The summed E-state index contributed by atoms with van der Waals surface area (Å²) < 4.78 is 2.17. The molecule has 232 valence electrons. The van der Waals surface area contributed by atoms with Gasteiger partial charge in [0.1, 0.15) is 0 Å². The second kappa shape index (κ2) is 12.6. The normalized spacial score (nSPS) is 11.1. The second-order valence-electron chi connectivity index (χ2n) is 12.3. The van der Waals surface area contributed by atoms with E-state index in [2.05, 4.69) is 120 Å². The van der Waals surface area contributed by atoms with Crippen LogP contribution in [0, 0.1) is 34.0 Å². The fourth-order valence-corrected chi connectivity index (χ4v) is 12.5. The molecule has 7 aromatic carbocycles. The number of nitrogens with zero attached hydrogens (tertiary/aromatic N) is 4. The van der Waals surface area contributed by atoms with E-state index in [1.54, 1.807) is 0 Å². The van der Waals surface area contributed by atoms with Crippen LogP contribution in [0.25, 0.3) is 38.6 Å². The van der Waals surface area contributed by atoms with Crippen molar-refractivity contribution in [2.45, 2.75) is 0 Å². The maximum absolute atomic E-state index is 10.5. The molecule has 5 heteroatoms. The van der Waals surface area contributed by atoms with Gasteiger partial charge in [-0.1, -0.05) is 115 Å². The summed E-state index contributed by atoms with van der Waals surface area (Å²) in [6.45, 7) is 0. The Hall–Kier alpha value is -6.97. The standard InChI is InChI=1S/C45H28N4Si/c46-29-32-20-22-44-42(27-32)40-18-10-11-19-43(40)49(44)36-25-34(31-48)24-35(28-36)41-26-33(30-47)21-23-45(41)50(37-12-4-1-5-13-37,38-14-6-2-7-15-38)39-16-8-3-9-17-39/h1-28H. The Morgan fingerprint density at radius 1 is 0.420 bits per heavy atom. The fraction of sp³-hybridized carbons (Fsp3) is 0. The van der Waals surface area contributed by atoms with Crippen molar-refractivity contribution in [3.8, 4) is 35.0 Å². The molecule has 0 saturated carbocycles. The maximum atomic E-state index is 10.5. The molecule has 1 heterocycles. The molecule has 0 radical (unpaired) electrons. The van der Waals surface area contributed by atoms with Crippen molar-refractivity contribution in [1.29, 1.82) is 15.8 Å². The molecule has 0 unspecified atom stereocenters. The largest absolute Gasteiger partial charge is 0.309 e. The molecule has 0 spiro atoms. The molecular formula is C45H28N4Si. The maximum Gasteiger partial charge on any atom is 0.180 e. The lowest BCUT2D eigenvalue weighted by atomic mass is 10.00. The number of rotatable bonds is 6. The van der Waals surface area contributed by atoms with Crippen LogP contribution < -0.4 is 20.7 Å². The van der Waals surface area contributed by atoms with E-state index in [1.165, 1.54) is 15.6 Å². The van der Waals surface area contributed by atoms with Crippen LogP contribution in [0.4, 0.5) is 0 Å². The molecule has 0 amide bonds. The second-order valence-corrected chi connectivity index (χ2v) is 16.1. The number of hydrogen-bond acceptors (Lipinski definition) is 3. The van der Waals surface area contributed by atoms with E-state index in [0.29, 0.717) is 16.7 Å². The lowest BCUT2D eigenvalue weighted by Crippen LogP contribution is -2.75. The third-order valence-electron chi connectivity index (χ3n) is 9.59. The summed E-state index contributed by atoms with van der Waals surface area (Å²) in [4.78, 5) is 0. The molecule has 0 aliphatic heterocycles. The fourth-order valence-electron chi connectivity index (χ4n) is 7.49. The first kappa shape index (κ1) is 30.4. The molecule has 50 heavy (non-hydrogen) atoms. The highest BCUT2D eigenvalue weighted by Gasteiger charge is 2.43. The third-order valence-corrected chi connectivity index (χ3v) is 14.4. The van der Waals surface area contributed by atoms with Crippen LogP contribution in [0.15, 0.2) is 170 Å². The van der Waals surface area contributed by atoms with Crippen molar-refractivity contribution < 1.29 is 0 Å². The number of fused-ring (bicyclic) bond motifs is 3. The molecule has 0 N–H and O–H groups in total. The van der Waals surface area contributed by atoms with E-state index in [1.807, 2.05) is 72.8 Å². The minimum Gasteiger partial charge on any atom is -0.309 e. The lowest BCUT2D eigenvalue weighted by Gasteiger charge is -2.36. The number of para-hydroxylation sites is 1. The molecule has 0 atom stereocenters. The average Bonchev–Trinajstić information content (AvgIpc) is 3.53. The molecule has 0 aliphatic carbocycles. The smallest absolute Gasteiger partial charge is 0.180 e. The van der Waals surface area contributed by atoms with E-state index >= 15 is 0 Å². The van der Waals surface area contributed by atoms with E-state index in [4.69, 9.17) is 0 Å². The third kappa shape index (κ3) is 4.88. The minimum absolute atomic E-state index is 0.511. The first-order chi connectivity index (χ1) is 24.6. The topological polar surface area (TPSA) is 76.3 Å². The van der Waals surface area contributed by atoms with E-state index in [9.17, 15) is 15.8 Å². The first-order valence-corrected chi connectivity index (χ1v) is 18.4. The molecule has 0 saturated heterocycles. The summed E-state index contributed by atoms with van der Waals surface area (Å²) in [7, 11) is -3.00.